The fourth-order valence-electron chi connectivity index (χ4n) is 6.38. The van der Waals surface area contributed by atoms with E-state index in [-0.39, 0.29) is 18.2 Å². The first kappa shape index (κ1) is 26.0. The van der Waals surface area contributed by atoms with Gasteiger partial charge in [-0.05, 0) is 34.4 Å². The molecule has 2 amide bonds. The summed E-state index contributed by atoms with van der Waals surface area (Å²) in [4.78, 5) is 33.2. The van der Waals surface area contributed by atoms with Gasteiger partial charge in [-0.2, -0.15) is 0 Å². The van der Waals surface area contributed by atoms with Crippen molar-refractivity contribution in [2.24, 2.45) is 0 Å². The molecule has 4 aromatic carbocycles. The average Bonchev–Trinajstić information content (AvgIpc) is 3.41. The summed E-state index contributed by atoms with van der Waals surface area (Å²) in [6.45, 7) is 0.824. The van der Waals surface area contributed by atoms with Crippen LogP contribution in [0, 0.1) is 0 Å². The lowest BCUT2D eigenvalue weighted by atomic mass is 9.66. The maximum Gasteiger partial charge on any atom is 0.239 e. The lowest BCUT2D eigenvalue weighted by Gasteiger charge is -2.36. The first-order valence-electron chi connectivity index (χ1n) is 13.5. The molecule has 2 heterocycles. The van der Waals surface area contributed by atoms with Crippen LogP contribution in [-0.2, 0) is 37.6 Å². The molecule has 0 aliphatic carbocycles. The molecule has 0 aromatic heterocycles. The number of para-hydroxylation sites is 2. The second-order valence-corrected chi connectivity index (χ2v) is 10.4. The molecule has 2 aliphatic rings. The molecule has 0 fully saturated rings. The minimum atomic E-state index is -1.22. The van der Waals surface area contributed by atoms with E-state index in [0.29, 0.717) is 13.1 Å². The van der Waals surface area contributed by atoms with Crippen LogP contribution in [-0.4, -0.2) is 32.3 Å². The third kappa shape index (κ3) is 4.21. The van der Waals surface area contributed by atoms with Crippen molar-refractivity contribution in [3.8, 4) is 0 Å². The van der Waals surface area contributed by atoms with Crippen LogP contribution < -0.4 is 9.80 Å². The highest BCUT2D eigenvalue weighted by molar-refractivity contribution is 6.16. The summed E-state index contributed by atoms with van der Waals surface area (Å²) in [6.07, 6.45) is -0.484. The predicted octanol–water partition coefficient (Wildman–Crippen LogP) is 5.81. The van der Waals surface area contributed by atoms with E-state index in [9.17, 15) is 9.59 Å². The second kappa shape index (κ2) is 10.7. The predicted molar refractivity (Wildman–Crippen MR) is 155 cm³/mol. The average molecular weight is 533 g/mol. The number of hydrogen-bond donors (Lipinski definition) is 0. The quantitative estimate of drug-likeness (QED) is 0.255. The number of methoxy groups -OCH3 is 2. The van der Waals surface area contributed by atoms with Crippen molar-refractivity contribution in [3.05, 3.63) is 131 Å². The van der Waals surface area contributed by atoms with Crippen molar-refractivity contribution in [3.63, 3.8) is 0 Å². The Balaban J connectivity index is 1.52. The van der Waals surface area contributed by atoms with Gasteiger partial charge in [0.1, 0.15) is 0 Å². The van der Waals surface area contributed by atoms with Crippen LogP contribution in [0.25, 0.3) is 0 Å². The van der Waals surface area contributed by atoms with E-state index in [1.165, 1.54) is 0 Å². The van der Waals surface area contributed by atoms with Gasteiger partial charge in [0.25, 0.3) is 0 Å². The first-order valence-corrected chi connectivity index (χ1v) is 13.5. The van der Waals surface area contributed by atoms with E-state index in [4.69, 9.17) is 9.47 Å². The van der Waals surface area contributed by atoms with Crippen LogP contribution >= 0.6 is 0 Å². The number of ether oxygens (including phenoxy) is 2. The third-order valence-corrected chi connectivity index (χ3v) is 8.23. The van der Waals surface area contributed by atoms with Crippen LogP contribution in [0.3, 0.4) is 0 Å². The Kier molecular flexibility index (Phi) is 6.96. The van der Waals surface area contributed by atoms with Gasteiger partial charge in [0.05, 0.1) is 24.4 Å². The molecular weight excluding hydrogens is 500 g/mol. The Morgan fingerprint density at radius 3 is 1.82 bits per heavy atom. The Morgan fingerprint density at radius 1 is 0.675 bits per heavy atom. The molecule has 4 aromatic rings. The Morgan fingerprint density at radius 2 is 1.20 bits per heavy atom. The number of amides is 2. The monoisotopic (exact) mass is 532 g/mol. The summed E-state index contributed by atoms with van der Waals surface area (Å²) in [5, 5.41) is 0. The molecule has 0 saturated carbocycles. The zero-order valence-electron chi connectivity index (χ0n) is 22.7. The van der Waals surface area contributed by atoms with Crippen LogP contribution in [0.15, 0.2) is 109 Å². The molecule has 0 saturated heterocycles. The SMILES string of the molecule is COC(C[C@]1(C2C(=O)N(Cc3ccccc3)c3ccccc32)C(=O)N(Cc2ccccc2)c2ccccc21)OC. The standard InChI is InChI=1S/C34H32N2O4/c1-39-30(40-2)21-34(27-18-10-12-20-29(27)36(33(34)38)23-25-15-7-4-8-16-25)31-26-17-9-11-19-28(26)35(32(31)37)22-24-13-5-3-6-14-24/h3-20,30-31H,21-23H2,1-2H3/t31?,34-/m0/s1. The lowest BCUT2D eigenvalue weighted by Crippen LogP contribution is -2.50. The molecular formula is C34H32N2O4. The Bertz CT molecular complexity index is 1520. The van der Waals surface area contributed by atoms with Gasteiger partial charge in [0.2, 0.25) is 11.8 Å². The van der Waals surface area contributed by atoms with E-state index < -0.39 is 17.6 Å². The highest BCUT2D eigenvalue weighted by atomic mass is 16.7. The minimum Gasteiger partial charge on any atom is -0.356 e. The number of anilines is 2. The van der Waals surface area contributed by atoms with Crippen LogP contribution in [0.1, 0.15) is 34.6 Å². The molecule has 2 aliphatic heterocycles. The maximum absolute atomic E-state index is 14.9. The van der Waals surface area contributed by atoms with Gasteiger partial charge in [-0.1, -0.05) is 97.1 Å². The highest BCUT2D eigenvalue weighted by Crippen LogP contribution is 2.57. The molecule has 0 bridgehead atoms. The smallest absolute Gasteiger partial charge is 0.239 e. The van der Waals surface area contributed by atoms with Gasteiger partial charge in [0.15, 0.2) is 6.29 Å². The van der Waals surface area contributed by atoms with E-state index in [1.807, 2.05) is 119 Å². The van der Waals surface area contributed by atoms with Gasteiger partial charge in [0, 0.05) is 32.0 Å². The number of benzene rings is 4. The first-order chi connectivity index (χ1) is 19.6. The van der Waals surface area contributed by atoms with Gasteiger partial charge < -0.3 is 19.3 Å². The molecule has 0 radical (unpaired) electrons. The molecule has 6 nitrogen and oxygen atoms in total. The zero-order valence-corrected chi connectivity index (χ0v) is 22.7. The molecule has 2 atom stereocenters. The van der Waals surface area contributed by atoms with E-state index >= 15 is 0 Å². The second-order valence-electron chi connectivity index (χ2n) is 10.4. The topological polar surface area (TPSA) is 59.1 Å². The molecule has 6 rings (SSSR count). The number of carbonyl (C=O) groups is 2. The van der Waals surface area contributed by atoms with Gasteiger partial charge in [-0.15, -0.1) is 0 Å². The number of carbonyl (C=O) groups excluding carboxylic acids is 2. The van der Waals surface area contributed by atoms with E-state index in [0.717, 1.165) is 33.6 Å². The van der Waals surface area contributed by atoms with Crippen molar-refractivity contribution in [1.82, 2.24) is 0 Å². The van der Waals surface area contributed by atoms with Gasteiger partial charge >= 0.3 is 0 Å². The molecule has 40 heavy (non-hydrogen) atoms. The van der Waals surface area contributed by atoms with Crippen molar-refractivity contribution in [1.29, 1.82) is 0 Å². The largest absolute Gasteiger partial charge is 0.356 e. The fourth-order valence-corrected chi connectivity index (χ4v) is 6.38. The van der Waals surface area contributed by atoms with Crippen molar-refractivity contribution in [2.45, 2.75) is 37.1 Å². The van der Waals surface area contributed by atoms with Crippen LogP contribution in [0.5, 0.6) is 0 Å². The minimum absolute atomic E-state index is 0.0966. The maximum atomic E-state index is 14.9. The lowest BCUT2D eigenvalue weighted by molar-refractivity contribution is -0.142. The number of hydrogen-bond acceptors (Lipinski definition) is 4. The van der Waals surface area contributed by atoms with E-state index in [1.54, 1.807) is 14.2 Å². The van der Waals surface area contributed by atoms with Crippen LogP contribution in [0.4, 0.5) is 11.4 Å². The highest BCUT2D eigenvalue weighted by Gasteiger charge is 2.62. The number of rotatable bonds is 9. The summed E-state index contributed by atoms with van der Waals surface area (Å²) in [7, 11) is 3.14. The fraction of sp³-hybridized carbons (Fsp3) is 0.235. The Hall–Kier alpha value is -4.26. The van der Waals surface area contributed by atoms with Crippen molar-refractivity contribution in [2.75, 3.05) is 24.0 Å². The number of fused-ring (bicyclic) bond motifs is 2. The summed E-state index contributed by atoms with van der Waals surface area (Å²) in [5.41, 5.74) is 4.13. The number of nitrogens with zero attached hydrogens (tertiary/aromatic N) is 2. The molecule has 202 valence electrons. The summed E-state index contributed by atoms with van der Waals surface area (Å²) >= 11 is 0. The van der Waals surface area contributed by atoms with Gasteiger partial charge in [-0.3, -0.25) is 9.59 Å². The summed E-state index contributed by atoms with van der Waals surface area (Å²) in [5.74, 6) is -0.957. The van der Waals surface area contributed by atoms with Crippen LogP contribution in [0.2, 0.25) is 0 Å². The van der Waals surface area contributed by atoms with E-state index in [2.05, 4.69) is 0 Å². The molecule has 0 N–H and O–H groups in total. The molecule has 1 unspecified atom stereocenters. The molecule has 6 heteroatoms. The van der Waals surface area contributed by atoms with Gasteiger partial charge in [-0.25, -0.2) is 0 Å². The summed E-state index contributed by atoms with van der Waals surface area (Å²) in [6, 6.07) is 35.5. The Labute approximate surface area is 234 Å². The zero-order chi connectivity index (χ0) is 27.7. The molecule has 0 spiro atoms. The van der Waals surface area contributed by atoms with Crippen molar-refractivity contribution < 1.29 is 19.1 Å². The summed E-state index contributed by atoms with van der Waals surface area (Å²) < 4.78 is 11.4. The third-order valence-electron chi connectivity index (χ3n) is 8.23. The van der Waals surface area contributed by atoms with Crippen molar-refractivity contribution >= 4 is 23.2 Å². The normalized spacial score (nSPS) is 19.8.